The van der Waals surface area contributed by atoms with Crippen molar-refractivity contribution in [2.75, 3.05) is 34.8 Å². The van der Waals surface area contributed by atoms with E-state index in [1.807, 2.05) is 6.07 Å². The van der Waals surface area contributed by atoms with Crippen LogP contribution in [0.1, 0.15) is 23.3 Å². The molecule has 3 aromatic rings. The molecular formula is C21H24N8O. The van der Waals surface area contributed by atoms with Crippen molar-refractivity contribution in [1.82, 2.24) is 15.0 Å². The monoisotopic (exact) mass is 404 g/mol. The number of nitrogen functional groups attached to an aromatic ring is 2. The van der Waals surface area contributed by atoms with E-state index in [4.69, 9.17) is 17.2 Å². The van der Waals surface area contributed by atoms with Crippen molar-refractivity contribution in [2.45, 2.75) is 18.9 Å². The number of piperidine rings is 1. The molecule has 1 aliphatic heterocycles. The molecule has 1 amide bonds. The summed E-state index contributed by atoms with van der Waals surface area (Å²) in [7, 11) is 0. The van der Waals surface area contributed by atoms with E-state index in [0.29, 0.717) is 22.9 Å². The van der Waals surface area contributed by atoms with Crippen LogP contribution in [0.5, 0.6) is 0 Å². The SMILES string of the molecule is Nc1cccc(-c2ccc(N)c(C(=O)Nc3cnccc3N3CCCC(N)C3)n2)n1. The quantitative estimate of drug-likeness (QED) is 0.515. The summed E-state index contributed by atoms with van der Waals surface area (Å²) in [4.78, 5) is 28.0. The second-order valence-corrected chi connectivity index (χ2v) is 7.28. The molecule has 1 unspecified atom stereocenters. The molecule has 1 fully saturated rings. The van der Waals surface area contributed by atoms with Crippen LogP contribution >= 0.6 is 0 Å². The summed E-state index contributed by atoms with van der Waals surface area (Å²) in [6.07, 6.45) is 5.31. The number of anilines is 4. The Labute approximate surface area is 174 Å². The van der Waals surface area contributed by atoms with Crippen molar-refractivity contribution >= 4 is 28.8 Å². The minimum Gasteiger partial charge on any atom is -0.397 e. The molecular weight excluding hydrogens is 380 g/mol. The first-order chi connectivity index (χ1) is 14.5. The van der Waals surface area contributed by atoms with Crippen LogP contribution in [0.2, 0.25) is 0 Å². The predicted molar refractivity (Wildman–Crippen MR) is 118 cm³/mol. The Hall–Kier alpha value is -3.72. The van der Waals surface area contributed by atoms with E-state index < -0.39 is 5.91 Å². The average Bonchev–Trinajstić information content (AvgIpc) is 2.74. The van der Waals surface area contributed by atoms with Gasteiger partial charge in [0.2, 0.25) is 0 Å². The fourth-order valence-electron chi connectivity index (χ4n) is 3.56. The number of rotatable bonds is 4. The van der Waals surface area contributed by atoms with Crippen LogP contribution in [-0.2, 0) is 0 Å². The van der Waals surface area contributed by atoms with E-state index in [0.717, 1.165) is 31.6 Å². The number of nitrogens with two attached hydrogens (primary N) is 3. The molecule has 154 valence electrons. The second kappa shape index (κ2) is 8.34. The van der Waals surface area contributed by atoms with Crippen LogP contribution in [0.3, 0.4) is 0 Å². The lowest BCUT2D eigenvalue weighted by Gasteiger charge is -2.33. The molecule has 4 heterocycles. The maximum absolute atomic E-state index is 13.0. The van der Waals surface area contributed by atoms with Crippen molar-refractivity contribution in [2.24, 2.45) is 5.73 Å². The van der Waals surface area contributed by atoms with Gasteiger partial charge in [-0.2, -0.15) is 0 Å². The van der Waals surface area contributed by atoms with Crippen LogP contribution in [0.15, 0.2) is 48.8 Å². The molecule has 0 spiro atoms. The number of hydrogen-bond donors (Lipinski definition) is 4. The third-order valence-corrected chi connectivity index (χ3v) is 5.02. The smallest absolute Gasteiger partial charge is 0.276 e. The highest BCUT2D eigenvalue weighted by Gasteiger charge is 2.21. The zero-order valence-electron chi connectivity index (χ0n) is 16.5. The first-order valence-electron chi connectivity index (χ1n) is 9.76. The summed E-state index contributed by atoms with van der Waals surface area (Å²) < 4.78 is 0. The van der Waals surface area contributed by atoms with Crippen molar-refractivity contribution < 1.29 is 4.79 Å². The topological polar surface area (TPSA) is 149 Å². The maximum atomic E-state index is 13.0. The van der Waals surface area contributed by atoms with Crippen molar-refractivity contribution in [3.63, 3.8) is 0 Å². The lowest BCUT2D eigenvalue weighted by Crippen LogP contribution is -2.43. The number of nitrogens with zero attached hydrogens (tertiary/aromatic N) is 4. The Morgan fingerprint density at radius 1 is 1.10 bits per heavy atom. The number of carbonyl (C=O) groups excluding carboxylic acids is 1. The molecule has 9 nitrogen and oxygen atoms in total. The standard InChI is InChI=1S/C21H24N8O/c22-13-3-2-10-29(12-13)18-8-9-25-11-17(18)28-21(30)20-14(23)6-7-16(27-20)15-4-1-5-19(24)26-15/h1,4-9,11,13H,2-3,10,12,22-23H2,(H2,24,26)(H,28,30). The molecule has 4 rings (SSSR count). The van der Waals surface area contributed by atoms with Gasteiger partial charge in [-0.05, 0) is 43.2 Å². The van der Waals surface area contributed by atoms with Gasteiger partial charge in [0, 0.05) is 25.3 Å². The molecule has 0 bridgehead atoms. The summed E-state index contributed by atoms with van der Waals surface area (Å²) in [5, 5.41) is 2.90. The predicted octanol–water partition coefficient (Wildman–Crippen LogP) is 1.88. The van der Waals surface area contributed by atoms with Crippen LogP contribution in [0.25, 0.3) is 11.4 Å². The molecule has 9 heteroatoms. The minimum absolute atomic E-state index is 0.107. The summed E-state index contributed by atoms with van der Waals surface area (Å²) in [5.41, 5.74) is 20.8. The number of nitrogens with one attached hydrogen (secondary N) is 1. The second-order valence-electron chi connectivity index (χ2n) is 7.28. The fraction of sp³-hybridized carbons (Fsp3) is 0.238. The third kappa shape index (κ3) is 4.15. The molecule has 0 saturated carbocycles. The van der Waals surface area contributed by atoms with Crippen LogP contribution < -0.4 is 27.4 Å². The average molecular weight is 404 g/mol. The highest BCUT2D eigenvalue weighted by atomic mass is 16.1. The van der Waals surface area contributed by atoms with Gasteiger partial charge in [0.1, 0.15) is 5.82 Å². The fourth-order valence-corrected chi connectivity index (χ4v) is 3.56. The molecule has 7 N–H and O–H groups in total. The van der Waals surface area contributed by atoms with E-state index in [2.05, 4.69) is 25.2 Å². The molecule has 1 aliphatic rings. The first kappa shape index (κ1) is 19.6. The van der Waals surface area contributed by atoms with E-state index in [1.54, 1.807) is 42.7 Å². The Balaban J connectivity index is 1.61. The van der Waals surface area contributed by atoms with Gasteiger partial charge in [0.05, 0.1) is 34.6 Å². The van der Waals surface area contributed by atoms with Crippen molar-refractivity contribution in [3.8, 4) is 11.4 Å². The van der Waals surface area contributed by atoms with Crippen LogP contribution in [0, 0.1) is 0 Å². The lowest BCUT2D eigenvalue weighted by atomic mass is 10.1. The molecule has 0 radical (unpaired) electrons. The van der Waals surface area contributed by atoms with E-state index in [-0.39, 0.29) is 17.4 Å². The number of aromatic nitrogens is 3. The molecule has 3 aromatic heterocycles. The van der Waals surface area contributed by atoms with Gasteiger partial charge in [0.25, 0.3) is 5.91 Å². The molecule has 1 atom stereocenters. The molecule has 1 saturated heterocycles. The van der Waals surface area contributed by atoms with Gasteiger partial charge in [-0.25, -0.2) is 9.97 Å². The van der Waals surface area contributed by atoms with Crippen molar-refractivity contribution in [3.05, 3.63) is 54.5 Å². The van der Waals surface area contributed by atoms with E-state index >= 15 is 0 Å². The van der Waals surface area contributed by atoms with Gasteiger partial charge in [-0.15, -0.1) is 0 Å². The van der Waals surface area contributed by atoms with Gasteiger partial charge in [-0.1, -0.05) is 6.07 Å². The molecule has 0 aromatic carbocycles. The summed E-state index contributed by atoms with van der Waals surface area (Å²) in [5.74, 6) is -0.0503. The van der Waals surface area contributed by atoms with Gasteiger partial charge < -0.3 is 27.4 Å². The zero-order chi connectivity index (χ0) is 21.1. The zero-order valence-corrected chi connectivity index (χ0v) is 16.5. The number of carbonyl (C=O) groups is 1. The molecule has 0 aliphatic carbocycles. The number of pyridine rings is 3. The van der Waals surface area contributed by atoms with E-state index in [9.17, 15) is 4.79 Å². The van der Waals surface area contributed by atoms with Gasteiger partial charge >= 0.3 is 0 Å². The number of amides is 1. The first-order valence-corrected chi connectivity index (χ1v) is 9.76. The highest BCUT2D eigenvalue weighted by Crippen LogP contribution is 2.28. The highest BCUT2D eigenvalue weighted by molar-refractivity contribution is 6.07. The maximum Gasteiger partial charge on any atom is 0.276 e. The largest absolute Gasteiger partial charge is 0.397 e. The Morgan fingerprint density at radius 3 is 2.73 bits per heavy atom. The summed E-state index contributed by atoms with van der Waals surface area (Å²) in [6.45, 7) is 1.60. The summed E-state index contributed by atoms with van der Waals surface area (Å²) >= 11 is 0. The lowest BCUT2D eigenvalue weighted by molar-refractivity contribution is 0.102. The number of hydrogen-bond acceptors (Lipinski definition) is 8. The van der Waals surface area contributed by atoms with Crippen molar-refractivity contribution in [1.29, 1.82) is 0 Å². The van der Waals surface area contributed by atoms with E-state index in [1.165, 1.54) is 0 Å². The van der Waals surface area contributed by atoms with Crippen LogP contribution in [0.4, 0.5) is 22.9 Å². The molecule has 30 heavy (non-hydrogen) atoms. The normalized spacial score (nSPS) is 16.3. The minimum atomic E-state index is -0.422. The van der Waals surface area contributed by atoms with Gasteiger partial charge in [0.15, 0.2) is 5.69 Å². The third-order valence-electron chi connectivity index (χ3n) is 5.02. The summed E-state index contributed by atoms with van der Waals surface area (Å²) in [6, 6.07) is 10.6. The Morgan fingerprint density at radius 2 is 1.93 bits per heavy atom. The Bertz CT molecular complexity index is 1070. The van der Waals surface area contributed by atoms with Crippen LogP contribution in [-0.4, -0.2) is 40.0 Å². The Kier molecular flexibility index (Phi) is 5.44. The van der Waals surface area contributed by atoms with Gasteiger partial charge in [-0.3, -0.25) is 9.78 Å².